The number of aryl methyl sites for hydroxylation is 3. The van der Waals surface area contributed by atoms with Crippen molar-refractivity contribution in [3.05, 3.63) is 34.4 Å². The zero-order valence-corrected chi connectivity index (χ0v) is 11.6. The first-order chi connectivity index (χ1) is 7.67. The van der Waals surface area contributed by atoms with Gasteiger partial charge in [0.15, 0.2) is 0 Å². The number of nitrogens with zero attached hydrogens (tertiary/aromatic N) is 1. The third-order valence-corrected chi connectivity index (χ3v) is 3.16. The predicted octanol–water partition coefficient (Wildman–Crippen LogP) is 2.22. The first-order valence-electron chi connectivity index (χ1n) is 5.79. The van der Waals surface area contributed by atoms with Crippen molar-refractivity contribution in [2.24, 2.45) is 5.84 Å². The molecule has 1 aromatic carbocycles. The second kappa shape index (κ2) is 4.49. The van der Waals surface area contributed by atoms with Gasteiger partial charge in [0.2, 0.25) is 5.91 Å². The summed E-state index contributed by atoms with van der Waals surface area (Å²) in [4.78, 5) is 12.2. The Morgan fingerprint density at radius 1 is 1.18 bits per heavy atom. The lowest BCUT2D eigenvalue weighted by molar-refractivity contribution is -0.135. The minimum absolute atomic E-state index is 0.0763. The van der Waals surface area contributed by atoms with Crippen LogP contribution in [0.5, 0.6) is 0 Å². The SMILES string of the molecule is Cc1cc(C)c(C(C)(C)C(=O)N(C)N)c(C)c1. The lowest BCUT2D eigenvalue weighted by Gasteiger charge is -2.30. The first kappa shape index (κ1) is 13.7. The lowest BCUT2D eigenvalue weighted by atomic mass is 9.78. The largest absolute Gasteiger partial charge is 0.283 e. The topological polar surface area (TPSA) is 46.3 Å². The summed E-state index contributed by atoms with van der Waals surface area (Å²) < 4.78 is 0. The van der Waals surface area contributed by atoms with Gasteiger partial charge in [-0.3, -0.25) is 9.80 Å². The van der Waals surface area contributed by atoms with Crippen LogP contribution in [0.3, 0.4) is 0 Å². The van der Waals surface area contributed by atoms with Crippen LogP contribution in [0.25, 0.3) is 0 Å². The van der Waals surface area contributed by atoms with Gasteiger partial charge in [0.05, 0.1) is 5.41 Å². The number of amides is 1. The number of hydrogen-bond acceptors (Lipinski definition) is 2. The Labute approximate surface area is 104 Å². The van der Waals surface area contributed by atoms with Crippen molar-refractivity contribution in [3.63, 3.8) is 0 Å². The Kier molecular flexibility index (Phi) is 3.62. The van der Waals surface area contributed by atoms with Crippen LogP contribution >= 0.6 is 0 Å². The molecule has 3 heteroatoms. The molecule has 0 saturated carbocycles. The molecule has 0 aliphatic rings. The molecule has 0 bridgehead atoms. The van der Waals surface area contributed by atoms with E-state index in [1.807, 2.05) is 27.7 Å². The fraction of sp³-hybridized carbons (Fsp3) is 0.500. The molecule has 17 heavy (non-hydrogen) atoms. The zero-order chi connectivity index (χ0) is 13.4. The van der Waals surface area contributed by atoms with Crippen molar-refractivity contribution in [3.8, 4) is 0 Å². The van der Waals surface area contributed by atoms with E-state index in [4.69, 9.17) is 5.84 Å². The minimum Gasteiger partial charge on any atom is -0.283 e. The molecule has 1 amide bonds. The Hall–Kier alpha value is -1.35. The van der Waals surface area contributed by atoms with Crippen LogP contribution in [0.2, 0.25) is 0 Å². The third-order valence-electron chi connectivity index (χ3n) is 3.16. The van der Waals surface area contributed by atoms with E-state index >= 15 is 0 Å². The summed E-state index contributed by atoms with van der Waals surface area (Å²) in [5.41, 5.74) is 3.98. The summed E-state index contributed by atoms with van der Waals surface area (Å²) >= 11 is 0. The molecule has 0 atom stereocenters. The Bertz CT molecular complexity index is 425. The number of carbonyl (C=O) groups excluding carboxylic acids is 1. The summed E-state index contributed by atoms with van der Waals surface area (Å²) in [5.74, 6) is 5.50. The number of benzene rings is 1. The second-order valence-electron chi connectivity index (χ2n) is 5.31. The predicted molar refractivity (Wildman–Crippen MR) is 70.6 cm³/mol. The van der Waals surface area contributed by atoms with E-state index in [9.17, 15) is 4.79 Å². The maximum Gasteiger partial charge on any atom is 0.246 e. The number of carbonyl (C=O) groups is 1. The van der Waals surface area contributed by atoms with Gasteiger partial charge in [-0.05, 0) is 51.3 Å². The van der Waals surface area contributed by atoms with Gasteiger partial charge < -0.3 is 0 Å². The van der Waals surface area contributed by atoms with Crippen LogP contribution in [0.15, 0.2) is 12.1 Å². The third kappa shape index (κ3) is 2.50. The number of hydrazine groups is 1. The zero-order valence-electron chi connectivity index (χ0n) is 11.6. The van der Waals surface area contributed by atoms with Gasteiger partial charge in [-0.15, -0.1) is 0 Å². The van der Waals surface area contributed by atoms with Crippen molar-refractivity contribution in [2.75, 3.05) is 7.05 Å². The molecule has 3 nitrogen and oxygen atoms in total. The molecule has 2 N–H and O–H groups in total. The van der Waals surface area contributed by atoms with E-state index in [0.717, 1.165) is 16.7 Å². The number of hydrogen-bond donors (Lipinski definition) is 1. The van der Waals surface area contributed by atoms with Crippen LogP contribution in [-0.2, 0) is 10.2 Å². The Morgan fingerprint density at radius 2 is 1.59 bits per heavy atom. The van der Waals surface area contributed by atoms with Crippen LogP contribution < -0.4 is 5.84 Å². The van der Waals surface area contributed by atoms with Crippen LogP contribution in [0.1, 0.15) is 36.1 Å². The van der Waals surface area contributed by atoms with Gasteiger partial charge in [0, 0.05) is 7.05 Å². The van der Waals surface area contributed by atoms with Crippen molar-refractivity contribution < 1.29 is 4.79 Å². The highest BCUT2D eigenvalue weighted by atomic mass is 16.2. The molecule has 0 fully saturated rings. The molecular formula is C14H22N2O. The molecule has 0 spiro atoms. The van der Waals surface area contributed by atoms with Gasteiger partial charge in [-0.2, -0.15) is 0 Å². The van der Waals surface area contributed by atoms with Crippen molar-refractivity contribution in [1.29, 1.82) is 0 Å². The second-order valence-corrected chi connectivity index (χ2v) is 5.31. The molecule has 0 unspecified atom stereocenters. The highest BCUT2D eigenvalue weighted by molar-refractivity contribution is 5.87. The highest BCUT2D eigenvalue weighted by Crippen LogP contribution is 2.31. The van der Waals surface area contributed by atoms with E-state index < -0.39 is 5.41 Å². The van der Waals surface area contributed by atoms with E-state index in [2.05, 4.69) is 19.1 Å². The minimum atomic E-state index is -0.592. The summed E-state index contributed by atoms with van der Waals surface area (Å²) in [6, 6.07) is 4.21. The highest BCUT2D eigenvalue weighted by Gasteiger charge is 2.34. The average Bonchev–Trinajstić information content (AvgIpc) is 2.13. The van der Waals surface area contributed by atoms with Gasteiger partial charge in [-0.1, -0.05) is 17.7 Å². The summed E-state index contributed by atoms with van der Waals surface area (Å²) in [6.45, 7) is 9.99. The number of nitrogens with two attached hydrogens (primary N) is 1. The standard InChI is InChI=1S/C14H22N2O/c1-9-7-10(2)12(11(3)8-9)14(4,5)13(17)16(6)15/h7-8H,15H2,1-6H3. The molecule has 1 aromatic rings. The van der Waals surface area contributed by atoms with E-state index in [-0.39, 0.29) is 5.91 Å². The molecule has 0 aliphatic carbocycles. The summed E-state index contributed by atoms with van der Waals surface area (Å²) in [5, 5.41) is 1.17. The van der Waals surface area contributed by atoms with E-state index in [1.165, 1.54) is 10.6 Å². The lowest BCUT2D eigenvalue weighted by Crippen LogP contribution is -2.45. The van der Waals surface area contributed by atoms with Crippen molar-refractivity contribution >= 4 is 5.91 Å². The van der Waals surface area contributed by atoms with Gasteiger partial charge >= 0.3 is 0 Å². The Morgan fingerprint density at radius 3 is 1.94 bits per heavy atom. The molecular weight excluding hydrogens is 212 g/mol. The molecule has 0 aliphatic heterocycles. The normalized spacial score (nSPS) is 11.5. The first-order valence-corrected chi connectivity index (χ1v) is 5.79. The molecule has 0 saturated heterocycles. The summed E-state index contributed by atoms with van der Waals surface area (Å²) in [6.07, 6.45) is 0. The quantitative estimate of drug-likeness (QED) is 0.484. The molecule has 0 radical (unpaired) electrons. The Balaban J connectivity index is 3.38. The number of likely N-dealkylation sites (N-methyl/N-ethyl adjacent to an activating group) is 1. The monoisotopic (exact) mass is 234 g/mol. The molecule has 1 rings (SSSR count). The average molecular weight is 234 g/mol. The van der Waals surface area contributed by atoms with Crippen molar-refractivity contribution in [2.45, 2.75) is 40.0 Å². The summed E-state index contributed by atoms with van der Waals surface area (Å²) in [7, 11) is 1.59. The smallest absolute Gasteiger partial charge is 0.246 e. The van der Waals surface area contributed by atoms with E-state index in [1.54, 1.807) is 7.05 Å². The fourth-order valence-corrected chi connectivity index (χ4v) is 2.71. The van der Waals surface area contributed by atoms with Crippen LogP contribution in [-0.4, -0.2) is 18.0 Å². The van der Waals surface area contributed by atoms with Crippen LogP contribution in [0, 0.1) is 20.8 Å². The molecule has 94 valence electrons. The van der Waals surface area contributed by atoms with Crippen LogP contribution in [0.4, 0.5) is 0 Å². The molecule has 0 heterocycles. The van der Waals surface area contributed by atoms with Crippen molar-refractivity contribution in [1.82, 2.24) is 5.01 Å². The fourth-order valence-electron chi connectivity index (χ4n) is 2.71. The van der Waals surface area contributed by atoms with Gasteiger partial charge in [-0.25, -0.2) is 5.84 Å². The maximum atomic E-state index is 12.2. The number of rotatable bonds is 2. The maximum absolute atomic E-state index is 12.2. The van der Waals surface area contributed by atoms with Gasteiger partial charge in [0.1, 0.15) is 0 Å². The van der Waals surface area contributed by atoms with E-state index in [0.29, 0.717) is 0 Å². The molecule has 0 aromatic heterocycles. The van der Waals surface area contributed by atoms with Gasteiger partial charge in [0.25, 0.3) is 0 Å².